The van der Waals surface area contributed by atoms with E-state index in [1.54, 1.807) is 0 Å². The Kier molecular flexibility index (Phi) is 3.81. The number of aliphatic hydroxyl groups excluding tert-OH is 1. The summed E-state index contributed by atoms with van der Waals surface area (Å²) in [4.78, 5) is 0. The summed E-state index contributed by atoms with van der Waals surface area (Å²) in [5.41, 5.74) is 1.22. The van der Waals surface area contributed by atoms with Gasteiger partial charge in [-0.15, -0.1) is 0 Å². The molecule has 0 amide bonds. The zero-order valence-corrected chi connectivity index (χ0v) is 9.04. The normalized spacial score (nSPS) is 9.92. The van der Waals surface area contributed by atoms with Crippen molar-refractivity contribution in [1.29, 1.82) is 0 Å². The molecule has 1 aromatic carbocycles. The minimum atomic E-state index is 0.0595. The highest BCUT2D eigenvalue weighted by atomic mass is 127. The van der Waals surface area contributed by atoms with Gasteiger partial charge in [-0.25, -0.2) is 0 Å². The van der Waals surface area contributed by atoms with Gasteiger partial charge in [-0.3, -0.25) is 0 Å². The molecule has 0 radical (unpaired) electrons. The van der Waals surface area contributed by atoms with Gasteiger partial charge >= 0.3 is 0 Å². The van der Waals surface area contributed by atoms with Gasteiger partial charge < -0.3 is 9.84 Å². The molecule has 0 aliphatic rings. The van der Waals surface area contributed by atoms with Gasteiger partial charge in [-0.05, 0) is 47.2 Å². The second-order valence-electron chi connectivity index (χ2n) is 2.51. The number of halogens is 1. The van der Waals surface area contributed by atoms with Crippen LogP contribution in [0.5, 0.6) is 5.75 Å². The molecule has 12 heavy (non-hydrogen) atoms. The van der Waals surface area contributed by atoms with Crippen molar-refractivity contribution in [2.45, 2.75) is 6.92 Å². The SMILES string of the molecule is Cc1ccc(OCCO)c(I)c1. The quantitative estimate of drug-likeness (QED) is 0.857. The molecule has 1 rings (SSSR count). The molecule has 66 valence electrons. The van der Waals surface area contributed by atoms with Crippen molar-refractivity contribution in [3.05, 3.63) is 27.3 Å². The Morgan fingerprint density at radius 3 is 2.83 bits per heavy atom. The van der Waals surface area contributed by atoms with Gasteiger partial charge in [0.2, 0.25) is 0 Å². The highest BCUT2D eigenvalue weighted by Gasteiger charge is 1.99. The maximum atomic E-state index is 8.55. The lowest BCUT2D eigenvalue weighted by Crippen LogP contribution is -2.02. The number of rotatable bonds is 3. The highest BCUT2D eigenvalue weighted by molar-refractivity contribution is 14.1. The van der Waals surface area contributed by atoms with Crippen molar-refractivity contribution >= 4 is 22.6 Å². The molecule has 0 saturated carbocycles. The van der Waals surface area contributed by atoms with Crippen molar-refractivity contribution in [1.82, 2.24) is 0 Å². The number of benzene rings is 1. The van der Waals surface area contributed by atoms with E-state index in [-0.39, 0.29) is 6.61 Å². The van der Waals surface area contributed by atoms with E-state index < -0.39 is 0 Å². The first-order valence-electron chi connectivity index (χ1n) is 3.74. The molecule has 0 unspecified atom stereocenters. The van der Waals surface area contributed by atoms with Crippen LogP contribution in [-0.2, 0) is 0 Å². The smallest absolute Gasteiger partial charge is 0.132 e. The standard InChI is InChI=1S/C9H11IO2/c1-7-2-3-9(8(10)6-7)12-5-4-11/h2-3,6,11H,4-5H2,1H3. The van der Waals surface area contributed by atoms with Crippen LogP contribution in [0.1, 0.15) is 5.56 Å². The first-order valence-corrected chi connectivity index (χ1v) is 4.81. The number of hydrogen-bond donors (Lipinski definition) is 1. The van der Waals surface area contributed by atoms with Crippen LogP contribution in [0.2, 0.25) is 0 Å². The van der Waals surface area contributed by atoms with E-state index in [0.717, 1.165) is 9.32 Å². The van der Waals surface area contributed by atoms with Crippen LogP contribution >= 0.6 is 22.6 Å². The molecular formula is C9H11IO2. The van der Waals surface area contributed by atoms with Crippen molar-refractivity contribution < 1.29 is 9.84 Å². The Morgan fingerprint density at radius 2 is 2.25 bits per heavy atom. The predicted molar refractivity (Wildman–Crippen MR) is 56.5 cm³/mol. The van der Waals surface area contributed by atoms with Crippen molar-refractivity contribution in [2.24, 2.45) is 0 Å². The zero-order valence-electron chi connectivity index (χ0n) is 6.88. The molecule has 2 nitrogen and oxygen atoms in total. The third-order valence-electron chi connectivity index (χ3n) is 1.44. The largest absolute Gasteiger partial charge is 0.490 e. The fraction of sp³-hybridized carbons (Fsp3) is 0.333. The van der Waals surface area contributed by atoms with Crippen LogP contribution in [0.25, 0.3) is 0 Å². The molecule has 1 N–H and O–H groups in total. The van der Waals surface area contributed by atoms with Gasteiger partial charge in [-0.1, -0.05) is 6.07 Å². The highest BCUT2D eigenvalue weighted by Crippen LogP contribution is 2.21. The number of ether oxygens (including phenoxy) is 1. The first kappa shape index (κ1) is 9.80. The summed E-state index contributed by atoms with van der Waals surface area (Å²) < 4.78 is 6.37. The number of aryl methyl sites for hydroxylation is 1. The van der Waals surface area contributed by atoms with Gasteiger partial charge in [0.1, 0.15) is 12.4 Å². The van der Waals surface area contributed by atoms with Gasteiger partial charge in [0.25, 0.3) is 0 Å². The lowest BCUT2D eigenvalue weighted by atomic mass is 10.2. The first-order chi connectivity index (χ1) is 5.74. The van der Waals surface area contributed by atoms with E-state index in [2.05, 4.69) is 22.6 Å². The molecule has 0 atom stereocenters. The van der Waals surface area contributed by atoms with Crippen LogP contribution in [-0.4, -0.2) is 18.3 Å². The van der Waals surface area contributed by atoms with Crippen LogP contribution in [0.3, 0.4) is 0 Å². The molecular weight excluding hydrogens is 267 g/mol. The van der Waals surface area contributed by atoms with E-state index in [9.17, 15) is 0 Å². The molecule has 3 heteroatoms. The van der Waals surface area contributed by atoms with Crippen LogP contribution in [0.15, 0.2) is 18.2 Å². The molecule has 0 fully saturated rings. The Morgan fingerprint density at radius 1 is 1.50 bits per heavy atom. The van der Waals surface area contributed by atoms with Gasteiger partial charge in [0, 0.05) is 0 Å². The molecule has 1 aromatic rings. The van der Waals surface area contributed by atoms with Gasteiger partial charge in [-0.2, -0.15) is 0 Å². The Balaban J connectivity index is 2.72. The average molecular weight is 278 g/mol. The monoisotopic (exact) mass is 278 g/mol. The molecule has 0 aliphatic heterocycles. The Labute approximate surface area is 85.7 Å². The van der Waals surface area contributed by atoms with Gasteiger partial charge in [0.05, 0.1) is 10.2 Å². The number of aliphatic hydroxyl groups is 1. The summed E-state index contributed by atoms with van der Waals surface area (Å²) in [6.45, 7) is 2.46. The summed E-state index contributed by atoms with van der Waals surface area (Å²) in [5.74, 6) is 0.843. The summed E-state index contributed by atoms with van der Waals surface area (Å²) in [7, 11) is 0. The minimum absolute atomic E-state index is 0.0595. The summed E-state index contributed by atoms with van der Waals surface area (Å²) in [6, 6.07) is 5.97. The summed E-state index contributed by atoms with van der Waals surface area (Å²) in [6.07, 6.45) is 0. The second-order valence-corrected chi connectivity index (χ2v) is 3.67. The van der Waals surface area contributed by atoms with Crippen LogP contribution in [0.4, 0.5) is 0 Å². The van der Waals surface area contributed by atoms with Crippen LogP contribution < -0.4 is 4.74 Å². The fourth-order valence-corrected chi connectivity index (χ4v) is 1.71. The van der Waals surface area contributed by atoms with Crippen molar-refractivity contribution in [3.63, 3.8) is 0 Å². The predicted octanol–water partition coefficient (Wildman–Crippen LogP) is 1.97. The molecule has 0 saturated heterocycles. The maximum absolute atomic E-state index is 8.55. The average Bonchev–Trinajstić information content (AvgIpc) is 2.03. The third-order valence-corrected chi connectivity index (χ3v) is 2.28. The maximum Gasteiger partial charge on any atom is 0.132 e. The summed E-state index contributed by atoms with van der Waals surface area (Å²) in [5, 5.41) is 8.55. The van der Waals surface area contributed by atoms with E-state index in [0.29, 0.717) is 6.61 Å². The molecule has 0 spiro atoms. The Hall–Kier alpha value is -0.290. The third kappa shape index (κ3) is 2.64. The Bertz CT molecular complexity index is 261. The summed E-state index contributed by atoms with van der Waals surface area (Å²) >= 11 is 2.22. The molecule has 0 aromatic heterocycles. The van der Waals surface area contributed by atoms with E-state index in [1.165, 1.54) is 5.56 Å². The lowest BCUT2D eigenvalue weighted by Gasteiger charge is -2.06. The minimum Gasteiger partial charge on any atom is -0.490 e. The van der Waals surface area contributed by atoms with E-state index >= 15 is 0 Å². The molecule has 0 aliphatic carbocycles. The fourth-order valence-electron chi connectivity index (χ4n) is 0.879. The van der Waals surface area contributed by atoms with Crippen LogP contribution in [0, 0.1) is 10.5 Å². The molecule has 0 heterocycles. The van der Waals surface area contributed by atoms with E-state index in [4.69, 9.17) is 9.84 Å². The zero-order chi connectivity index (χ0) is 8.97. The second kappa shape index (κ2) is 4.67. The van der Waals surface area contributed by atoms with Gasteiger partial charge in [0.15, 0.2) is 0 Å². The topological polar surface area (TPSA) is 29.5 Å². The van der Waals surface area contributed by atoms with Crippen molar-refractivity contribution in [2.75, 3.05) is 13.2 Å². The van der Waals surface area contributed by atoms with E-state index in [1.807, 2.05) is 25.1 Å². The lowest BCUT2D eigenvalue weighted by molar-refractivity contribution is 0.200. The van der Waals surface area contributed by atoms with Crippen molar-refractivity contribution in [3.8, 4) is 5.75 Å². The molecule has 0 bridgehead atoms. The number of hydrogen-bond acceptors (Lipinski definition) is 2.